The Labute approximate surface area is 72.2 Å². The minimum Gasteiger partial charge on any atom is -0.0950 e. The Bertz CT molecular complexity index is 119. The van der Waals surface area contributed by atoms with Crippen LogP contribution >= 0.6 is 22.6 Å². The SMILES string of the molecule is C[Si](C)(C)/C=C/C=C\I. The quantitative estimate of drug-likeness (QED) is 0.401. The zero-order chi connectivity index (χ0) is 7.33. The van der Waals surface area contributed by atoms with E-state index in [1.165, 1.54) is 0 Å². The highest BCUT2D eigenvalue weighted by atomic mass is 127. The lowest BCUT2D eigenvalue weighted by Gasteiger charge is -2.06. The summed E-state index contributed by atoms with van der Waals surface area (Å²) in [5.74, 6) is 0. The second-order valence-electron chi connectivity index (χ2n) is 3.04. The second-order valence-corrected chi connectivity index (χ2v) is 8.83. The Morgan fingerprint density at radius 2 is 1.67 bits per heavy atom. The van der Waals surface area contributed by atoms with Gasteiger partial charge in [-0.05, 0) is 4.08 Å². The van der Waals surface area contributed by atoms with Gasteiger partial charge in [-0.3, -0.25) is 0 Å². The van der Waals surface area contributed by atoms with Gasteiger partial charge < -0.3 is 0 Å². The zero-order valence-electron chi connectivity index (χ0n) is 6.19. The van der Waals surface area contributed by atoms with E-state index >= 15 is 0 Å². The van der Waals surface area contributed by atoms with Crippen LogP contribution in [-0.4, -0.2) is 8.07 Å². The van der Waals surface area contributed by atoms with Crippen molar-refractivity contribution in [3.63, 3.8) is 0 Å². The molecule has 0 atom stereocenters. The van der Waals surface area contributed by atoms with Crippen molar-refractivity contribution in [3.05, 3.63) is 21.9 Å². The van der Waals surface area contributed by atoms with E-state index in [0.717, 1.165) is 0 Å². The van der Waals surface area contributed by atoms with Crippen molar-refractivity contribution in [2.24, 2.45) is 0 Å². The van der Waals surface area contributed by atoms with Crippen LogP contribution in [0.3, 0.4) is 0 Å². The van der Waals surface area contributed by atoms with Gasteiger partial charge in [0.1, 0.15) is 0 Å². The maximum absolute atomic E-state index is 2.32. The van der Waals surface area contributed by atoms with Gasteiger partial charge in [0.2, 0.25) is 0 Å². The molecule has 0 aromatic rings. The van der Waals surface area contributed by atoms with Gasteiger partial charge in [-0.2, -0.15) is 0 Å². The van der Waals surface area contributed by atoms with E-state index in [9.17, 15) is 0 Å². The first-order valence-electron chi connectivity index (χ1n) is 3.01. The second kappa shape index (κ2) is 4.28. The van der Waals surface area contributed by atoms with Crippen LogP contribution in [0.5, 0.6) is 0 Å². The maximum Gasteiger partial charge on any atom is 0.0687 e. The minimum absolute atomic E-state index is 0.930. The fourth-order valence-electron chi connectivity index (χ4n) is 0.386. The molecule has 0 aliphatic rings. The maximum atomic E-state index is 2.32. The number of rotatable bonds is 2. The van der Waals surface area contributed by atoms with Gasteiger partial charge in [0, 0.05) is 0 Å². The molecule has 0 radical (unpaired) electrons. The molecule has 0 bridgehead atoms. The normalized spacial score (nSPS) is 13.8. The summed E-state index contributed by atoms with van der Waals surface area (Å²) < 4.78 is 2.02. The van der Waals surface area contributed by atoms with Gasteiger partial charge in [0.25, 0.3) is 0 Å². The molecule has 0 aromatic carbocycles. The summed E-state index contributed by atoms with van der Waals surface area (Å²) in [5.41, 5.74) is 2.32. The Morgan fingerprint density at radius 1 is 1.11 bits per heavy atom. The van der Waals surface area contributed by atoms with E-state index in [0.29, 0.717) is 0 Å². The van der Waals surface area contributed by atoms with Crippen LogP contribution in [0.15, 0.2) is 21.9 Å². The van der Waals surface area contributed by atoms with Gasteiger partial charge in [-0.25, -0.2) is 0 Å². The van der Waals surface area contributed by atoms with Gasteiger partial charge in [0.05, 0.1) is 8.07 Å². The van der Waals surface area contributed by atoms with Crippen molar-refractivity contribution in [1.29, 1.82) is 0 Å². The molecule has 52 valence electrons. The first kappa shape index (κ1) is 9.43. The predicted octanol–water partition coefficient (Wildman–Crippen LogP) is 3.37. The Kier molecular flexibility index (Phi) is 4.48. The summed E-state index contributed by atoms with van der Waals surface area (Å²) in [6.07, 6.45) is 4.21. The number of hydrogen-bond acceptors (Lipinski definition) is 0. The Balaban J connectivity index is 3.71. The molecule has 0 amide bonds. The van der Waals surface area contributed by atoms with Crippen molar-refractivity contribution in [2.75, 3.05) is 0 Å². The number of halogens is 1. The third kappa shape index (κ3) is 8.43. The minimum atomic E-state index is -0.930. The molecule has 0 unspecified atom stereocenters. The topological polar surface area (TPSA) is 0 Å². The average molecular weight is 252 g/mol. The molecule has 0 fully saturated rings. The van der Waals surface area contributed by atoms with Gasteiger partial charge in [0.15, 0.2) is 0 Å². The zero-order valence-corrected chi connectivity index (χ0v) is 9.34. The molecule has 0 nitrogen and oxygen atoms in total. The molecule has 0 saturated carbocycles. The molecule has 0 rings (SSSR count). The highest BCUT2D eigenvalue weighted by molar-refractivity contribution is 14.1. The lowest BCUT2D eigenvalue weighted by atomic mass is 10.6. The van der Waals surface area contributed by atoms with Crippen LogP contribution in [0.25, 0.3) is 0 Å². The molecule has 0 saturated heterocycles. The molecular weight excluding hydrogens is 239 g/mol. The van der Waals surface area contributed by atoms with E-state index in [2.05, 4.69) is 60.1 Å². The summed E-state index contributed by atoms with van der Waals surface area (Å²) in [6.45, 7) is 6.97. The van der Waals surface area contributed by atoms with Crippen molar-refractivity contribution >= 4 is 30.7 Å². The van der Waals surface area contributed by atoms with E-state index in [4.69, 9.17) is 0 Å². The van der Waals surface area contributed by atoms with Gasteiger partial charge in [-0.15, -0.1) is 0 Å². The van der Waals surface area contributed by atoms with Crippen molar-refractivity contribution < 1.29 is 0 Å². The van der Waals surface area contributed by atoms with Crippen molar-refractivity contribution in [3.8, 4) is 0 Å². The van der Waals surface area contributed by atoms with Crippen molar-refractivity contribution in [1.82, 2.24) is 0 Å². The monoisotopic (exact) mass is 252 g/mol. The van der Waals surface area contributed by atoms with Gasteiger partial charge >= 0.3 is 0 Å². The largest absolute Gasteiger partial charge is 0.0950 e. The molecule has 9 heavy (non-hydrogen) atoms. The third-order valence-electron chi connectivity index (χ3n) is 0.780. The van der Waals surface area contributed by atoms with Crippen LogP contribution in [0.2, 0.25) is 19.6 Å². The Morgan fingerprint density at radius 3 is 2.00 bits per heavy atom. The fraction of sp³-hybridized carbons (Fsp3) is 0.429. The Hall–Kier alpha value is 0.427. The number of allylic oxidation sites excluding steroid dienone is 2. The molecule has 0 aliphatic carbocycles. The molecule has 0 aromatic heterocycles. The lowest BCUT2D eigenvalue weighted by Crippen LogP contribution is -2.14. The summed E-state index contributed by atoms with van der Waals surface area (Å²) in [4.78, 5) is 0. The summed E-state index contributed by atoms with van der Waals surface area (Å²) >= 11 is 2.22. The van der Waals surface area contributed by atoms with Crippen molar-refractivity contribution in [2.45, 2.75) is 19.6 Å². The van der Waals surface area contributed by atoms with Crippen LogP contribution in [-0.2, 0) is 0 Å². The van der Waals surface area contributed by atoms with Crippen LogP contribution in [0.1, 0.15) is 0 Å². The molecule has 0 heterocycles. The predicted molar refractivity (Wildman–Crippen MR) is 55.6 cm³/mol. The molecular formula is C7H13ISi. The smallest absolute Gasteiger partial charge is 0.0687 e. The molecule has 0 N–H and O–H groups in total. The summed E-state index contributed by atoms with van der Waals surface area (Å²) in [7, 11) is -0.930. The third-order valence-corrected chi connectivity index (χ3v) is 2.39. The highest BCUT2D eigenvalue weighted by Crippen LogP contribution is 2.01. The molecule has 2 heteroatoms. The molecule has 0 aliphatic heterocycles. The number of hydrogen-bond donors (Lipinski definition) is 0. The summed E-state index contributed by atoms with van der Waals surface area (Å²) in [5, 5.41) is 0. The van der Waals surface area contributed by atoms with Crippen LogP contribution in [0, 0.1) is 0 Å². The van der Waals surface area contributed by atoms with E-state index in [1.807, 2.05) is 4.08 Å². The first-order valence-corrected chi connectivity index (χ1v) is 7.83. The van der Waals surface area contributed by atoms with Crippen LogP contribution < -0.4 is 0 Å². The average Bonchev–Trinajstić information content (AvgIpc) is 1.63. The van der Waals surface area contributed by atoms with E-state index < -0.39 is 8.07 Å². The fourth-order valence-corrected chi connectivity index (χ4v) is 1.31. The van der Waals surface area contributed by atoms with E-state index in [-0.39, 0.29) is 0 Å². The first-order chi connectivity index (χ1) is 4.06. The molecule has 0 spiro atoms. The lowest BCUT2D eigenvalue weighted by molar-refractivity contribution is 1.76. The van der Waals surface area contributed by atoms with Crippen LogP contribution in [0.4, 0.5) is 0 Å². The highest BCUT2D eigenvalue weighted by Gasteiger charge is 2.05. The van der Waals surface area contributed by atoms with Gasteiger partial charge in [-0.1, -0.05) is 60.1 Å². The van der Waals surface area contributed by atoms with E-state index in [1.54, 1.807) is 0 Å². The standard InChI is InChI=1S/C7H13ISi/c1-9(2,3)7-5-4-6-8/h4-7H,1-3H3/b6-4-,7-5+. The summed E-state index contributed by atoms with van der Waals surface area (Å²) in [6, 6.07) is 0.